The van der Waals surface area contributed by atoms with Gasteiger partial charge in [-0.2, -0.15) is 0 Å². The summed E-state index contributed by atoms with van der Waals surface area (Å²) in [6.07, 6.45) is -1.50. The third-order valence-electron chi connectivity index (χ3n) is 1.66. The molecule has 6 heteroatoms. The van der Waals surface area contributed by atoms with Gasteiger partial charge in [0.05, 0.1) is 17.7 Å². The van der Waals surface area contributed by atoms with Crippen LogP contribution in [0.5, 0.6) is 0 Å². The molecule has 0 radical (unpaired) electrons. The first-order valence-electron chi connectivity index (χ1n) is 4.17. The predicted molar refractivity (Wildman–Crippen MR) is 52.9 cm³/mol. The van der Waals surface area contributed by atoms with Crippen molar-refractivity contribution in [2.24, 2.45) is 0 Å². The summed E-state index contributed by atoms with van der Waals surface area (Å²) in [7, 11) is 0. The molecule has 0 aliphatic carbocycles. The van der Waals surface area contributed by atoms with Gasteiger partial charge in [0.25, 0.3) is 6.43 Å². The highest BCUT2D eigenvalue weighted by Gasteiger charge is 2.22. The molecule has 15 heavy (non-hydrogen) atoms. The van der Waals surface area contributed by atoms with Crippen molar-refractivity contribution in [2.45, 2.75) is 13.3 Å². The summed E-state index contributed by atoms with van der Waals surface area (Å²) < 4.78 is 29.8. The first-order valence-corrected chi connectivity index (χ1v) is 4.96. The second kappa shape index (κ2) is 5.16. The van der Waals surface area contributed by atoms with Crippen LogP contribution >= 0.6 is 15.9 Å². The molecule has 0 aliphatic rings. The smallest absolute Gasteiger partial charge is 0.338 e. The Morgan fingerprint density at radius 1 is 1.67 bits per heavy atom. The molecular weight excluding hydrogens is 272 g/mol. The summed E-state index contributed by atoms with van der Waals surface area (Å²) in [5.41, 5.74) is -0.593. The van der Waals surface area contributed by atoms with Crippen molar-refractivity contribution in [1.29, 1.82) is 0 Å². The first-order chi connectivity index (χ1) is 7.07. The van der Waals surface area contributed by atoms with E-state index in [0.717, 1.165) is 0 Å². The standard InChI is InChI=1S/C9H8BrF2NO2/c1-2-15-9(14)5-3-4-13-7(10)6(5)8(11)12/h3-4,8H,2H2,1H3. The van der Waals surface area contributed by atoms with Crippen LogP contribution in [0.15, 0.2) is 16.9 Å². The minimum absolute atomic E-state index is 0.0388. The van der Waals surface area contributed by atoms with Crippen LogP contribution < -0.4 is 0 Å². The average molecular weight is 280 g/mol. The van der Waals surface area contributed by atoms with E-state index in [-0.39, 0.29) is 16.8 Å². The zero-order chi connectivity index (χ0) is 11.4. The van der Waals surface area contributed by atoms with Crippen molar-refractivity contribution in [2.75, 3.05) is 6.61 Å². The SMILES string of the molecule is CCOC(=O)c1ccnc(Br)c1C(F)F. The van der Waals surface area contributed by atoms with Crippen LogP contribution in [-0.4, -0.2) is 17.6 Å². The number of carbonyl (C=O) groups excluding carboxylic acids is 1. The molecular formula is C9H8BrF2NO2. The largest absolute Gasteiger partial charge is 0.462 e. The van der Waals surface area contributed by atoms with Crippen LogP contribution in [0.3, 0.4) is 0 Å². The lowest BCUT2D eigenvalue weighted by Gasteiger charge is -2.08. The third kappa shape index (κ3) is 2.71. The fourth-order valence-electron chi connectivity index (χ4n) is 1.04. The van der Waals surface area contributed by atoms with Crippen molar-refractivity contribution in [1.82, 2.24) is 4.98 Å². The van der Waals surface area contributed by atoms with Crippen LogP contribution in [0.4, 0.5) is 8.78 Å². The highest BCUT2D eigenvalue weighted by atomic mass is 79.9. The molecule has 0 amide bonds. The van der Waals surface area contributed by atoms with Gasteiger partial charge in [0.1, 0.15) is 4.60 Å². The topological polar surface area (TPSA) is 39.2 Å². The van der Waals surface area contributed by atoms with Gasteiger partial charge in [-0.25, -0.2) is 18.6 Å². The van der Waals surface area contributed by atoms with Gasteiger partial charge in [-0.05, 0) is 28.9 Å². The van der Waals surface area contributed by atoms with Crippen molar-refractivity contribution in [3.63, 3.8) is 0 Å². The lowest BCUT2D eigenvalue weighted by molar-refractivity contribution is 0.0514. The molecule has 82 valence electrons. The van der Waals surface area contributed by atoms with Crippen LogP contribution in [0.1, 0.15) is 29.3 Å². The van der Waals surface area contributed by atoms with E-state index in [1.807, 2.05) is 0 Å². The number of ether oxygens (including phenoxy) is 1. The van der Waals surface area contributed by atoms with Gasteiger partial charge in [0.2, 0.25) is 0 Å². The maximum atomic E-state index is 12.6. The lowest BCUT2D eigenvalue weighted by Crippen LogP contribution is -2.09. The number of alkyl halides is 2. The number of hydrogen-bond acceptors (Lipinski definition) is 3. The van der Waals surface area contributed by atoms with Gasteiger partial charge >= 0.3 is 5.97 Å². The van der Waals surface area contributed by atoms with Crippen LogP contribution in [-0.2, 0) is 4.74 Å². The Balaban J connectivity index is 3.17. The Kier molecular flexibility index (Phi) is 4.14. The highest BCUT2D eigenvalue weighted by Crippen LogP contribution is 2.29. The molecule has 1 heterocycles. The van der Waals surface area contributed by atoms with Crippen molar-refractivity contribution < 1.29 is 18.3 Å². The lowest BCUT2D eigenvalue weighted by atomic mass is 10.1. The van der Waals surface area contributed by atoms with Gasteiger partial charge in [0.15, 0.2) is 0 Å². The van der Waals surface area contributed by atoms with E-state index in [4.69, 9.17) is 0 Å². The second-order valence-electron chi connectivity index (χ2n) is 2.58. The summed E-state index contributed by atoms with van der Waals surface area (Å²) in [5.74, 6) is -0.768. The zero-order valence-corrected chi connectivity index (χ0v) is 9.42. The molecule has 0 atom stereocenters. The summed E-state index contributed by atoms with van der Waals surface area (Å²) in [5, 5.41) is 0. The second-order valence-corrected chi connectivity index (χ2v) is 3.34. The van der Waals surface area contributed by atoms with Crippen LogP contribution in [0, 0.1) is 0 Å². The normalized spacial score (nSPS) is 10.5. The monoisotopic (exact) mass is 279 g/mol. The predicted octanol–water partition coefficient (Wildman–Crippen LogP) is 2.96. The molecule has 0 aromatic carbocycles. The quantitative estimate of drug-likeness (QED) is 0.631. The van der Waals surface area contributed by atoms with Gasteiger partial charge in [-0.1, -0.05) is 0 Å². The number of esters is 1. The maximum absolute atomic E-state index is 12.6. The minimum Gasteiger partial charge on any atom is -0.462 e. The molecule has 1 aromatic heterocycles. The van der Waals surface area contributed by atoms with Gasteiger partial charge < -0.3 is 4.74 Å². The Bertz CT molecular complexity index is 371. The van der Waals surface area contributed by atoms with Gasteiger partial charge in [0, 0.05) is 6.20 Å². The molecule has 0 N–H and O–H groups in total. The van der Waals surface area contributed by atoms with E-state index in [2.05, 4.69) is 25.7 Å². The summed E-state index contributed by atoms with van der Waals surface area (Å²) in [4.78, 5) is 15.0. The molecule has 0 unspecified atom stereocenters. The molecule has 1 aromatic rings. The summed E-state index contributed by atoms with van der Waals surface area (Å²) in [6.45, 7) is 1.75. The van der Waals surface area contributed by atoms with Crippen LogP contribution in [0.25, 0.3) is 0 Å². The summed E-state index contributed by atoms with van der Waals surface area (Å²) in [6, 6.07) is 1.21. The minimum atomic E-state index is -2.77. The highest BCUT2D eigenvalue weighted by molar-refractivity contribution is 9.10. The van der Waals surface area contributed by atoms with E-state index in [1.54, 1.807) is 6.92 Å². The maximum Gasteiger partial charge on any atom is 0.338 e. The van der Waals surface area contributed by atoms with E-state index >= 15 is 0 Å². The molecule has 0 bridgehead atoms. The number of hydrogen-bond donors (Lipinski definition) is 0. The molecule has 0 spiro atoms. The van der Waals surface area contributed by atoms with E-state index < -0.39 is 18.0 Å². The van der Waals surface area contributed by atoms with E-state index in [1.165, 1.54) is 12.3 Å². The number of rotatable bonds is 3. The molecule has 0 saturated heterocycles. The van der Waals surface area contributed by atoms with Crippen LogP contribution in [0.2, 0.25) is 0 Å². The fraction of sp³-hybridized carbons (Fsp3) is 0.333. The number of nitrogens with zero attached hydrogens (tertiary/aromatic N) is 1. The Labute approximate surface area is 93.6 Å². The Morgan fingerprint density at radius 2 is 2.33 bits per heavy atom. The Hall–Kier alpha value is -1.04. The number of halogens is 3. The van der Waals surface area contributed by atoms with Crippen molar-refractivity contribution >= 4 is 21.9 Å². The fourth-order valence-corrected chi connectivity index (χ4v) is 1.55. The number of carbonyl (C=O) groups is 1. The van der Waals surface area contributed by atoms with E-state index in [9.17, 15) is 13.6 Å². The average Bonchev–Trinajstić information content (AvgIpc) is 2.17. The molecule has 0 fully saturated rings. The number of aromatic nitrogens is 1. The van der Waals surface area contributed by atoms with Gasteiger partial charge in [-0.3, -0.25) is 0 Å². The van der Waals surface area contributed by atoms with E-state index in [0.29, 0.717) is 0 Å². The zero-order valence-electron chi connectivity index (χ0n) is 7.84. The molecule has 0 aliphatic heterocycles. The Morgan fingerprint density at radius 3 is 2.87 bits per heavy atom. The van der Waals surface area contributed by atoms with Crippen molar-refractivity contribution in [3.8, 4) is 0 Å². The first kappa shape index (κ1) is 12.0. The molecule has 0 saturated carbocycles. The van der Waals surface area contributed by atoms with Crippen molar-refractivity contribution in [3.05, 3.63) is 28.0 Å². The summed E-state index contributed by atoms with van der Waals surface area (Å²) >= 11 is 2.87. The molecule has 1 rings (SSSR count). The number of pyridine rings is 1. The third-order valence-corrected chi connectivity index (χ3v) is 2.29. The van der Waals surface area contributed by atoms with Gasteiger partial charge in [-0.15, -0.1) is 0 Å². The molecule has 3 nitrogen and oxygen atoms in total.